The number of nitrogens with two attached hydrogens (primary N) is 1. The van der Waals surface area contributed by atoms with Crippen LogP contribution in [-0.2, 0) is 4.79 Å². The second-order valence-corrected chi connectivity index (χ2v) is 4.48. The van der Waals surface area contributed by atoms with Crippen LogP contribution in [0.15, 0.2) is 25.3 Å². The van der Waals surface area contributed by atoms with E-state index in [1.165, 1.54) is 0 Å². The molecule has 1 amide bonds. The molecule has 1 aliphatic rings. The van der Waals surface area contributed by atoms with E-state index in [2.05, 4.69) is 13.2 Å². The Morgan fingerprint density at radius 2 is 1.71 bits per heavy atom. The summed E-state index contributed by atoms with van der Waals surface area (Å²) in [5.41, 5.74) is 5.49. The van der Waals surface area contributed by atoms with Crippen LogP contribution in [0.4, 0.5) is 0 Å². The SMILES string of the molecule is C=CCN(CC=C)C(=O)C1(CN)CCCC1.Cl. The number of carbonyl (C=O) groups is 1. The van der Waals surface area contributed by atoms with Gasteiger partial charge in [-0.1, -0.05) is 25.0 Å². The fraction of sp³-hybridized carbons (Fsp3) is 0.615. The third-order valence-corrected chi connectivity index (χ3v) is 3.39. The lowest BCUT2D eigenvalue weighted by atomic mass is 9.84. The Bertz CT molecular complexity index is 263. The zero-order valence-electron chi connectivity index (χ0n) is 10.4. The highest BCUT2D eigenvalue weighted by Gasteiger charge is 2.41. The number of halogens is 1. The lowest BCUT2D eigenvalue weighted by molar-refractivity contribution is -0.140. The molecule has 17 heavy (non-hydrogen) atoms. The average Bonchev–Trinajstić information content (AvgIpc) is 2.77. The Balaban J connectivity index is 0.00000256. The number of nitrogens with zero attached hydrogens (tertiary/aromatic N) is 1. The minimum absolute atomic E-state index is 0. The summed E-state index contributed by atoms with van der Waals surface area (Å²) in [6.07, 6.45) is 7.57. The van der Waals surface area contributed by atoms with Crippen LogP contribution in [0.3, 0.4) is 0 Å². The van der Waals surface area contributed by atoms with Crippen LogP contribution < -0.4 is 5.73 Å². The molecule has 0 heterocycles. The van der Waals surface area contributed by atoms with E-state index in [0.29, 0.717) is 19.6 Å². The molecule has 1 fully saturated rings. The molecule has 1 aliphatic carbocycles. The lowest BCUT2D eigenvalue weighted by Gasteiger charge is -2.32. The Labute approximate surface area is 110 Å². The van der Waals surface area contributed by atoms with Crippen molar-refractivity contribution in [1.82, 2.24) is 4.90 Å². The molecule has 0 aromatic rings. The minimum Gasteiger partial charge on any atom is -0.335 e. The summed E-state index contributed by atoms with van der Waals surface area (Å²) in [4.78, 5) is 14.2. The van der Waals surface area contributed by atoms with Crippen LogP contribution in [-0.4, -0.2) is 30.4 Å². The fourth-order valence-electron chi connectivity index (χ4n) is 2.44. The third-order valence-electron chi connectivity index (χ3n) is 3.39. The number of hydrogen-bond acceptors (Lipinski definition) is 2. The van der Waals surface area contributed by atoms with E-state index in [0.717, 1.165) is 25.7 Å². The molecule has 0 unspecified atom stereocenters. The normalized spacial score (nSPS) is 17.0. The van der Waals surface area contributed by atoms with Gasteiger partial charge in [0.05, 0.1) is 5.41 Å². The molecule has 1 saturated carbocycles. The molecule has 0 aliphatic heterocycles. The van der Waals surface area contributed by atoms with E-state index >= 15 is 0 Å². The van der Waals surface area contributed by atoms with Crippen molar-refractivity contribution in [3.63, 3.8) is 0 Å². The fourth-order valence-corrected chi connectivity index (χ4v) is 2.44. The second kappa shape index (κ2) is 7.51. The molecule has 0 spiro atoms. The number of rotatable bonds is 6. The van der Waals surface area contributed by atoms with Gasteiger partial charge in [-0.05, 0) is 12.8 Å². The van der Waals surface area contributed by atoms with Gasteiger partial charge in [-0.2, -0.15) is 0 Å². The number of hydrogen-bond donors (Lipinski definition) is 1. The maximum Gasteiger partial charge on any atom is 0.230 e. The minimum atomic E-state index is -0.313. The topological polar surface area (TPSA) is 46.3 Å². The van der Waals surface area contributed by atoms with Gasteiger partial charge >= 0.3 is 0 Å². The van der Waals surface area contributed by atoms with E-state index in [4.69, 9.17) is 5.73 Å². The Morgan fingerprint density at radius 1 is 1.24 bits per heavy atom. The van der Waals surface area contributed by atoms with E-state index < -0.39 is 0 Å². The molecule has 98 valence electrons. The van der Waals surface area contributed by atoms with Crippen LogP contribution in [0.25, 0.3) is 0 Å². The number of carbonyl (C=O) groups excluding carboxylic acids is 1. The first kappa shape index (κ1) is 16.2. The van der Waals surface area contributed by atoms with Gasteiger partial charge in [0.2, 0.25) is 5.91 Å². The Morgan fingerprint density at radius 3 is 2.06 bits per heavy atom. The van der Waals surface area contributed by atoms with E-state index in [1.54, 1.807) is 17.1 Å². The lowest BCUT2D eigenvalue weighted by Crippen LogP contribution is -2.46. The average molecular weight is 259 g/mol. The van der Waals surface area contributed by atoms with Crippen LogP contribution >= 0.6 is 12.4 Å². The first-order valence-electron chi connectivity index (χ1n) is 5.91. The smallest absolute Gasteiger partial charge is 0.230 e. The molecular formula is C13H23ClN2O. The Hall–Kier alpha value is -0.800. The summed E-state index contributed by atoms with van der Waals surface area (Å²) in [5, 5.41) is 0. The van der Waals surface area contributed by atoms with Gasteiger partial charge in [0.15, 0.2) is 0 Å². The molecule has 0 aromatic heterocycles. The van der Waals surface area contributed by atoms with Crippen molar-refractivity contribution < 1.29 is 4.79 Å². The van der Waals surface area contributed by atoms with E-state index in [-0.39, 0.29) is 23.7 Å². The molecule has 1 rings (SSSR count). The van der Waals surface area contributed by atoms with E-state index in [9.17, 15) is 4.79 Å². The summed E-state index contributed by atoms with van der Waals surface area (Å²) >= 11 is 0. The molecule has 0 bridgehead atoms. The van der Waals surface area contributed by atoms with Crippen molar-refractivity contribution >= 4 is 18.3 Å². The van der Waals surface area contributed by atoms with Gasteiger partial charge in [0.1, 0.15) is 0 Å². The first-order valence-corrected chi connectivity index (χ1v) is 5.91. The summed E-state index contributed by atoms with van der Waals surface area (Å²) in [6.45, 7) is 8.97. The van der Waals surface area contributed by atoms with Gasteiger partial charge < -0.3 is 10.6 Å². The summed E-state index contributed by atoms with van der Waals surface area (Å²) in [7, 11) is 0. The molecule has 0 aromatic carbocycles. The highest BCUT2D eigenvalue weighted by molar-refractivity contribution is 5.85. The third kappa shape index (κ3) is 3.58. The molecule has 2 N–H and O–H groups in total. The summed E-state index contributed by atoms with van der Waals surface area (Å²) in [5.74, 6) is 0.173. The van der Waals surface area contributed by atoms with Crippen molar-refractivity contribution in [2.24, 2.45) is 11.1 Å². The zero-order chi connectivity index (χ0) is 12.0. The first-order chi connectivity index (χ1) is 7.70. The molecule has 0 atom stereocenters. The summed E-state index contributed by atoms with van der Waals surface area (Å²) < 4.78 is 0. The van der Waals surface area contributed by atoms with Crippen molar-refractivity contribution in [3.05, 3.63) is 25.3 Å². The maximum atomic E-state index is 12.4. The van der Waals surface area contributed by atoms with Crippen molar-refractivity contribution in [3.8, 4) is 0 Å². The van der Waals surface area contributed by atoms with Crippen LogP contribution in [0.1, 0.15) is 25.7 Å². The molecule has 0 radical (unpaired) electrons. The standard InChI is InChI=1S/C13H22N2O.ClH/c1-3-9-15(10-4-2)12(16)13(11-14)7-5-6-8-13;/h3-4H,1-2,5-11,14H2;1H. The highest BCUT2D eigenvalue weighted by atomic mass is 35.5. The van der Waals surface area contributed by atoms with E-state index in [1.807, 2.05) is 0 Å². The predicted octanol–water partition coefficient (Wildman–Crippen LogP) is 2.13. The maximum absolute atomic E-state index is 12.4. The van der Waals surface area contributed by atoms with Crippen molar-refractivity contribution in [2.75, 3.05) is 19.6 Å². The molecule has 4 heteroatoms. The van der Waals surface area contributed by atoms with Crippen LogP contribution in [0.5, 0.6) is 0 Å². The highest BCUT2D eigenvalue weighted by Crippen LogP contribution is 2.38. The van der Waals surface area contributed by atoms with Crippen LogP contribution in [0, 0.1) is 5.41 Å². The van der Waals surface area contributed by atoms with Crippen molar-refractivity contribution in [2.45, 2.75) is 25.7 Å². The Kier molecular flexibility index (Phi) is 7.16. The largest absolute Gasteiger partial charge is 0.335 e. The van der Waals surface area contributed by atoms with Gasteiger partial charge in [-0.3, -0.25) is 4.79 Å². The number of amides is 1. The predicted molar refractivity (Wildman–Crippen MR) is 74.2 cm³/mol. The van der Waals surface area contributed by atoms with Gasteiger partial charge in [-0.15, -0.1) is 25.6 Å². The summed E-state index contributed by atoms with van der Waals surface area (Å²) in [6, 6.07) is 0. The quantitative estimate of drug-likeness (QED) is 0.742. The van der Waals surface area contributed by atoms with Crippen molar-refractivity contribution in [1.29, 1.82) is 0 Å². The molecule has 0 saturated heterocycles. The van der Waals surface area contributed by atoms with Gasteiger partial charge in [-0.25, -0.2) is 0 Å². The second-order valence-electron chi connectivity index (χ2n) is 4.48. The van der Waals surface area contributed by atoms with Gasteiger partial charge in [0.25, 0.3) is 0 Å². The monoisotopic (exact) mass is 258 g/mol. The van der Waals surface area contributed by atoms with Crippen LogP contribution in [0.2, 0.25) is 0 Å². The van der Waals surface area contributed by atoms with Gasteiger partial charge in [0, 0.05) is 19.6 Å². The zero-order valence-corrected chi connectivity index (χ0v) is 11.2. The molecular weight excluding hydrogens is 236 g/mol. The molecule has 3 nitrogen and oxygen atoms in total.